The predicted molar refractivity (Wildman–Crippen MR) is 146 cm³/mol. The van der Waals surface area contributed by atoms with Crippen molar-refractivity contribution in [3.63, 3.8) is 0 Å². The summed E-state index contributed by atoms with van der Waals surface area (Å²) in [5, 5.41) is 19.4. The van der Waals surface area contributed by atoms with E-state index < -0.39 is 0 Å². The third-order valence-corrected chi connectivity index (χ3v) is 6.78. The summed E-state index contributed by atoms with van der Waals surface area (Å²) in [7, 11) is 0. The van der Waals surface area contributed by atoms with Crippen LogP contribution in [0.4, 0.5) is 0 Å². The van der Waals surface area contributed by atoms with Gasteiger partial charge in [0.2, 0.25) is 5.82 Å². The van der Waals surface area contributed by atoms with Crippen LogP contribution >= 0.6 is 11.6 Å². The van der Waals surface area contributed by atoms with Gasteiger partial charge in [-0.05, 0) is 59.5 Å². The first-order valence-electron chi connectivity index (χ1n) is 12.5. The number of ether oxygens (including phenoxy) is 1. The molecule has 0 spiro atoms. The van der Waals surface area contributed by atoms with Gasteiger partial charge < -0.3 is 4.74 Å². The van der Waals surface area contributed by atoms with E-state index in [-0.39, 0.29) is 5.69 Å². The quantitative estimate of drug-likeness (QED) is 0.268. The number of hydrogen-bond acceptors (Lipinski definition) is 6. The Balaban J connectivity index is 1.32. The van der Waals surface area contributed by atoms with Crippen LogP contribution < -0.4 is 10.4 Å². The highest BCUT2D eigenvalue weighted by atomic mass is 35.5. The third-order valence-electron chi connectivity index (χ3n) is 6.46. The van der Waals surface area contributed by atoms with Gasteiger partial charge in [0.15, 0.2) is 0 Å². The minimum atomic E-state index is -0.207. The van der Waals surface area contributed by atoms with Crippen LogP contribution in [0.15, 0.2) is 71.5 Å². The van der Waals surface area contributed by atoms with Crippen LogP contribution in [0.1, 0.15) is 42.3 Å². The molecule has 0 bridgehead atoms. The van der Waals surface area contributed by atoms with Crippen molar-refractivity contribution in [3.8, 4) is 22.8 Å². The van der Waals surface area contributed by atoms with Crippen molar-refractivity contribution in [1.29, 1.82) is 0 Å². The first kappa shape index (κ1) is 25.4. The zero-order chi connectivity index (χ0) is 26.5. The van der Waals surface area contributed by atoms with Gasteiger partial charge >= 0.3 is 5.69 Å². The molecule has 2 heterocycles. The van der Waals surface area contributed by atoms with E-state index >= 15 is 0 Å². The first-order valence-corrected chi connectivity index (χ1v) is 12.9. The fraction of sp³-hybridized carbons (Fsp3) is 0.250. The largest absolute Gasteiger partial charge is 0.489 e. The van der Waals surface area contributed by atoms with E-state index in [1.807, 2.05) is 61.5 Å². The number of unbranched alkanes of at least 4 members (excludes halogenated alkanes) is 1. The van der Waals surface area contributed by atoms with Gasteiger partial charge in [0, 0.05) is 12.0 Å². The highest BCUT2D eigenvalue weighted by Gasteiger charge is 2.16. The molecule has 0 radical (unpaired) electrons. The van der Waals surface area contributed by atoms with Crippen molar-refractivity contribution in [3.05, 3.63) is 105 Å². The second-order valence-electron chi connectivity index (χ2n) is 9.01. The Hall–Kier alpha value is -4.24. The van der Waals surface area contributed by atoms with Gasteiger partial charge in [0.25, 0.3) is 0 Å². The van der Waals surface area contributed by atoms with E-state index in [2.05, 4.69) is 32.6 Å². The van der Waals surface area contributed by atoms with Crippen molar-refractivity contribution < 1.29 is 4.74 Å². The molecule has 0 saturated carbocycles. The Kier molecular flexibility index (Phi) is 7.65. The zero-order valence-electron chi connectivity index (χ0n) is 21.3. The number of tetrazole rings is 1. The average Bonchev–Trinajstić information content (AvgIpc) is 3.57. The molecule has 5 rings (SSSR count). The Morgan fingerprint density at radius 1 is 1.03 bits per heavy atom. The van der Waals surface area contributed by atoms with Crippen LogP contribution in [0.5, 0.6) is 5.75 Å². The van der Waals surface area contributed by atoms with Gasteiger partial charge in [0.1, 0.15) is 18.2 Å². The van der Waals surface area contributed by atoms with E-state index in [0.717, 1.165) is 46.7 Å². The lowest BCUT2D eigenvalue weighted by atomic mass is 10.0. The van der Waals surface area contributed by atoms with E-state index in [1.54, 1.807) is 16.7 Å². The Bertz CT molecular complexity index is 1570. The van der Waals surface area contributed by atoms with Crippen LogP contribution in [0.3, 0.4) is 0 Å². The molecule has 9 nitrogen and oxygen atoms in total. The van der Waals surface area contributed by atoms with Gasteiger partial charge in [-0.1, -0.05) is 67.4 Å². The highest BCUT2D eigenvalue weighted by Crippen LogP contribution is 2.24. The molecule has 0 unspecified atom stereocenters. The molecule has 10 heteroatoms. The maximum Gasteiger partial charge on any atom is 0.351 e. The molecule has 5 aromatic rings. The maximum atomic E-state index is 13.3. The molecule has 1 N–H and O–H groups in total. The molecule has 3 aromatic carbocycles. The lowest BCUT2D eigenvalue weighted by Gasteiger charge is -2.12. The van der Waals surface area contributed by atoms with Crippen LogP contribution in [0, 0.1) is 6.92 Å². The summed E-state index contributed by atoms with van der Waals surface area (Å²) in [5.41, 5.74) is 4.35. The molecule has 0 saturated heterocycles. The van der Waals surface area contributed by atoms with Gasteiger partial charge in [-0.3, -0.25) is 4.57 Å². The number of halogens is 1. The number of aryl methyl sites for hydroxylation is 1. The fourth-order valence-corrected chi connectivity index (χ4v) is 4.50. The summed E-state index contributed by atoms with van der Waals surface area (Å²) in [4.78, 5) is 13.3. The second kappa shape index (κ2) is 11.4. The molecule has 0 amide bonds. The van der Waals surface area contributed by atoms with Gasteiger partial charge in [-0.2, -0.15) is 9.90 Å². The molecule has 38 heavy (non-hydrogen) atoms. The molecule has 0 aliphatic rings. The first-order chi connectivity index (χ1) is 18.5. The van der Waals surface area contributed by atoms with Gasteiger partial charge in [0.05, 0.1) is 17.3 Å². The summed E-state index contributed by atoms with van der Waals surface area (Å²) >= 11 is 6.36. The molecular weight excluding hydrogens is 502 g/mol. The molecule has 2 aromatic heterocycles. The van der Waals surface area contributed by atoms with Crippen molar-refractivity contribution in [2.75, 3.05) is 0 Å². The van der Waals surface area contributed by atoms with Crippen molar-refractivity contribution in [2.45, 2.75) is 46.3 Å². The Morgan fingerprint density at radius 2 is 1.84 bits per heavy atom. The van der Waals surface area contributed by atoms with Crippen molar-refractivity contribution in [1.82, 2.24) is 35.0 Å². The maximum absolute atomic E-state index is 13.3. The summed E-state index contributed by atoms with van der Waals surface area (Å²) in [6, 6.07) is 21.0. The van der Waals surface area contributed by atoms with Crippen LogP contribution in [0.25, 0.3) is 17.1 Å². The summed E-state index contributed by atoms with van der Waals surface area (Å²) < 4.78 is 9.18. The van der Waals surface area contributed by atoms with E-state index in [0.29, 0.717) is 36.1 Å². The topological polar surface area (TPSA) is 104 Å². The molecule has 0 aliphatic carbocycles. The monoisotopic (exact) mass is 529 g/mol. The Morgan fingerprint density at radius 3 is 2.58 bits per heavy atom. The van der Waals surface area contributed by atoms with Gasteiger partial charge in [-0.15, -0.1) is 15.3 Å². The average molecular weight is 530 g/mol. The second-order valence-corrected chi connectivity index (χ2v) is 9.42. The number of nitrogens with zero attached hydrogens (tertiary/aromatic N) is 6. The lowest BCUT2D eigenvalue weighted by Crippen LogP contribution is -2.25. The third kappa shape index (κ3) is 5.38. The number of para-hydroxylation sites is 1. The van der Waals surface area contributed by atoms with Crippen molar-refractivity contribution >= 4 is 11.6 Å². The number of hydrogen-bond donors (Lipinski definition) is 1. The van der Waals surface area contributed by atoms with Crippen LogP contribution in [0.2, 0.25) is 5.02 Å². The summed E-state index contributed by atoms with van der Waals surface area (Å²) in [5.74, 6) is 2.04. The Labute approximate surface area is 225 Å². The molecule has 0 atom stereocenters. The number of rotatable bonds is 10. The molecular formula is C28H28ClN7O2. The fourth-order valence-electron chi connectivity index (χ4n) is 4.29. The van der Waals surface area contributed by atoms with Crippen molar-refractivity contribution in [2.24, 2.45) is 0 Å². The standard InChI is InChI=1S/C28H28ClN7O2/c1-3-4-12-26-32-36(25-11-6-5-10-24(25)29)28(37)35(26)17-20-13-15-22(16-14-20)38-18-21-8-7-9-23(19(21)2)27-30-33-34-31-27/h5-11,13-16H,3-4,12,17-18H2,1-2H3,(H,30,31,33,34). The van der Waals surface area contributed by atoms with Crippen LogP contribution in [-0.4, -0.2) is 35.0 Å². The van der Waals surface area contributed by atoms with E-state index in [4.69, 9.17) is 16.3 Å². The summed E-state index contributed by atoms with van der Waals surface area (Å²) in [6.45, 7) is 4.95. The highest BCUT2D eigenvalue weighted by molar-refractivity contribution is 6.32. The molecule has 0 fully saturated rings. The van der Waals surface area contributed by atoms with E-state index in [9.17, 15) is 4.79 Å². The predicted octanol–water partition coefficient (Wildman–Crippen LogP) is 5.15. The number of nitrogens with one attached hydrogen (secondary N) is 1. The normalized spacial score (nSPS) is 11.1. The number of aromatic nitrogens is 7. The summed E-state index contributed by atoms with van der Waals surface area (Å²) in [6.07, 6.45) is 2.67. The smallest absolute Gasteiger partial charge is 0.351 e. The lowest BCUT2D eigenvalue weighted by molar-refractivity contribution is 0.305. The molecule has 0 aliphatic heterocycles. The van der Waals surface area contributed by atoms with Crippen LogP contribution in [-0.2, 0) is 19.6 Å². The zero-order valence-corrected chi connectivity index (χ0v) is 22.0. The number of aromatic amines is 1. The number of H-pyrrole nitrogens is 1. The minimum Gasteiger partial charge on any atom is -0.489 e. The SMILES string of the molecule is CCCCc1nn(-c2ccccc2Cl)c(=O)n1Cc1ccc(OCc2cccc(-c3nn[nH]n3)c2C)cc1. The molecule has 194 valence electrons. The van der Waals surface area contributed by atoms with Gasteiger partial charge in [-0.25, -0.2) is 4.79 Å². The number of benzene rings is 3. The minimum absolute atomic E-state index is 0.207. The van der Waals surface area contributed by atoms with E-state index in [1.165, 1.54) is 4.68 Å².